The summed E-state index contributed by atoms with van der Waals surface area (Å²) in [7, 11) is -1.04. The van der Waals surface area contributed by atoms with Crippen LogP contribution < -0.4 is 10.1 Å². The molecule has 0 saturated carbocycles. The van der Waals surface area contributed by atoms with E-state index >= 15 is 0 Å². The van der Waals surface area contributed by atoms with Crippen LogP contribution in [0.2, 0.25) is 0 Å². The summed E-state index contributed by atoms with van der Waals surface area (Å²) in [5.74, 6) is 0.159. The summed E-state index contributed by atoms with van der Waals surface area (Å²) in [6, 6.07) is 13.4. The van der Waals surface area contributed by atoms with Gasteiger partial charge in [-0.2, -0.15) is 0 Å². The predicted octanol–water partition coefficient (Wildman–Crippen LogP) is 1.90. The molecule has 0 unspecified atom stereocenters. The van der Waals surface area contributed by atoms with E-state index in [0.717, 1.165) is 0 Å². The number of aryl methyl sites for hydroxylation is 1. The van der Waals surface area contributed by atoms with Gasteiger partial charge in [0.2, 0.25) is 0 Å². The lowest BCUT2D eigenvalue weighted by Crippen LogP contribution is -2.36. The molecule has 2 aromatic carbocycles. The zero-order valence-electron chi connectivity index (χ0n) is 9.43. The topological polar surface area (TPSA) is 29.5 Å². The third-order valence-electron chi connectivity index (χ3n) is 2.46. The van der Waals surface area contributed by atoms with Crippen LogP contribution >= 0.6 is 0 Å². The van der Waals surface area contributed by atoms with Gasteiger partial charge in [-0.25, -0.2) is 4.39 Å². The Balaban J connectivity index is 2.13. The molecule has 0 amide bonds. The summed E-state index contributed by atoms with van der Waals surface area (Å²) in [5.41, 5.74) is 1.15. The van der Waals surface area contributed by atoms with E-state index in [0.29, 0.717) is 16.8 Å². The molecule has 0 aliphatic carbocycles. The van der Waals surface area contributed by atoms with Crippen molar-refractivity contribution >= 4 is 12.6 Å². The molecule has 0 aliphatic heterocycles. The molecule has 0 bridgehead atoms. The highest BCUT2D eigenvalue weighted by molar-refractivity contribution is 6.60. The second-order valence-corrected chi connectivity index (χ2v) is 3.79. The van der Waals surface area contributed by atoms with E-state index in [4.69, 9.17) is 4.65 Å². The summed E-state index contributed by atoms with van der Waals surface area (Å²) < 4.78 is 18.4. The fourth-order valence-electron chi connectivity index (χ4n) is 1.51. The largest absolute Gasteiger partial charge is 0.560 e. The van der Waals surface area contributed by atoms with Gasteiger partial charge in [0.05, 0.1) is 0 Å². The Labute approximate surface area is 99.8 Å². The van der Waals surface area contributed by atoms with Crippen LogP contribution in [0.1, 0.15) is 5.56 Å². The van der Waals surface area contributed by atoms with Crippen molar-refractivity contribution in [3.63, 3.8) is 0 Å². The molecule has 4 heteroatoms. The molecule has 0 atom stereocenters. The van der Waals surface area contributed by atoms with Gasteiger partial charge in [-0.05, 0) is 36.1 Å². The van der Waals surface area contributed by atoms with Gasteiger partial charge in [-0.1, -0.05) is 30.3 Å². The van der Waals surface area contributed by atoms with E-state index in [1.54, 1.807) is 25.1 Å². The van der Waals surface area contributed by atoms with E-state index in [9.17, 15) is 9.41 Å². The summed E-state index contributed by atoms with van der Waals surface area (Å²) in [6.45, 7) is 1.65. The van der Waals surface area contributed by atoms with Crippen LogP contribution in [-0.4, -0.2) is 12.1 Å². The molecule has 86 valence electrons. The van der Waals surface area contributed by atoms with Crippen LogP contribution in [-0.2, 0) is 0 Å². The molecule has 0 heterocycles. The van der Waals surface area contributed by atoms with E-state index in [1.807, 2.05) is 18.2 Å². The molecule has 0 spiro atoms. The van der Waals surface area contributed by atoms with Crippen molar-refractivity contribution in [3.05, 3.63) is 59.9 Å². The lowest BCUT2D eigenvalue weighted by Gasteiger charge is -2.10. The normalized spacial score (nSPS) is 10.1. The zero-order chi connectivity index (χ0) is 12.3. The predicted molar refractivity (Wildman–Crippen MR) is 65.8 cm³/mol. The molecule has 0 aromatic heterocycles. The van der Waals surface area contributed by atoms with Crippen LogP contribution in [0.3, 0.4) is 0 Å². The van der Waals surface area contributed by atoms with Gasteiger partial charge in [-0.15, -0.1) is 0 Å². The number of hydrogen-bond donors (Lipinski definition) is 1. The standard InChI is InChI=1S/C13H12BFO2/c1-10-9-12(7-8-13(10)15)17-14(16)11-5-3-2-4-6-11/h2-9,16H,1H3. The minimum Gasteiger partial charge on any atom is -0.532 e. The maximum absolute atomic E-state index is 13.0. The Bertz CT molecular complexity index is 502. The zero-order valence-corrected chi connectivity index (χ0v) is 9.43. The molecule has 0 radical (unpaired) electrons. The average molecular weight is 230 g/mol. The maximum atomic E-state index is 13.0. The smallest absolute Gasteiger partial charge is 0.532 e. The lowest BCUT2D eigenvalue weighted by molar-refractivity contribution is 0.431. The van der Waals surface area contributed by atoms with Crippen LogP contribution in [0.4, 0.5) is 4.39 Å². The molecule has 2 rings (SSSR count). The molecule has 2 aromatic rings. The number of halogens is 1. The van der Waals surface area contributed by atoms with Crippen molar-refractivity contribution in [1.29, 1.82) is 0 Å². The van der Waals surface area contributed by atoms with Crippen LogP contribution in [0.5, 0.6) is 5.75 Å². The van der Waals surface area contributed by atoms with Gasteiger partial charge in [0.1, 0.15) is 11.6 Å². The van der Waals surface area contributed by atoms with Crippen LogP contribution in [0.15, 0.2) is 48.5 Å². The number of rotatable bonds is 3. The van der Waals surface area contributed by atoms with Gasteiger partial charge in [0.25, 0.3) is 0 Å². The quantitative estimate of drug-likeness (QED) is 0.816. The number of hydrogen-bond acceptors (Lipinski definition) is 2. The molecule has 1 N–H and O–H groups in total. The Morgan fingerprint density at radius 2 is 1.82 bits per heavy atom. The SMILES string of the molecule is Cc1cc(OB(O)c2ccccc2)ccc1F. The van der Waals surface area contributed by atoms with Crippen LogP contribution in [0.25, 0.3) is 0 Å². The third-order valence-corrected chi connectivity index (χ3v) is 2.46. The summed E-state index contributed by atoms with van der Waals surface area (Å²) >= 11 is 0. The third kappa shape index (κ3) is 2.85. The molecule has 2 nitrogen and oxygen atoms in total. The van der Waals surface area contributed by atoms with Gasteiger partial charge in [0, 0.05) is 0 Å². The highest BCUT2D eigenvalue weighted by Gasteiger charge is 2.18. The van der Waals surface area contributed by atoms with E-state index < -0.39 is 7.12 Å². The fraction of sp³-hybridized carbons (Fsp3) is 0.0769. The van der Waals surface area contributed by atoms with Crippen molar-refractivity contribution in [2.24, 2.45) is 0 Å². The van der Waals surface area contributed by atoms with Crippen molar-refractivity contribution in [1.82, 2.24) is 0 Å². The Kier molecular flexibility index (Phi) is 3.45. The van der Waals surface area contributed by atoms with Gasteiger partial charge in [-0.3, -0.25) is 0 Å². The van der Waals surface area contributed by atoms with E-state index in [1.165, 1.54) is 12.1 Å². The van der Waals surface area contributed by atoms with E-state index in [2.05, 4.69) is 0 Å². The van der Waals surface area contributed by atoms with E-state index in [-0.39, 0.29) is 5.82 Å². The lowest BCUT2D eigenvalue weighted by atomic mass is 9.79. The first-order valence-corrected chi connectivity index (χ1v) is 5.32. The van der Waals surface area contributed by atoms with Crippen molar-refractivity contribution in [2.45, 2.75) is 6.92 Å². The summed E-state index contributed by atoms with van der Waals surface area (Å²) in [6.07, 6.45) is 0. The highest BCUT2D eigenvalue weighted by atomic mass is 19.1. The molecule has 0 fully saturated rings. The van der Waals surface area contributed by atoms with Crippen LogP contribution in [0, 0.1) is 12.7 Å². The molecule has 17 heavy (non-hydrogen) atoms. The van der Waals surface area contributed by atoms with Crippen molar-refractivity contribution < 1.29 is 14.1 Å². The molecule has 0 aliphatic rings. The van der Waals surface area contributed by atoms with Gasteiger partial charge in [0.15, 0.2) is 0 Å². The fourth-order valence-corrected chi connectivity index (χ4v) is 1.51. The second kappa shape index (κ2) is 5.02. The van der Waals surface area contributed by atoms with Gasteiger partial charge < -0.3 is 9.68 Å². The maximum Gasteiger partial charge on any atom is 0.560 e. The molecular weight excluding hydrogens is 218 g/mol. The van der Waals surface area contributed by atoms with Crippen molar-refractivity contribution in [3.8, 4) is 5.75 Å². The monoisotopic (exact) mass is 230 g/mol. The first-order valence-electron chi connectivity index (χ1n) is 5.32. The minimum absolute atomic E-state index is 0.286. The number of benzene rings is 2. The second-order valence-electron chi connectivity index (χ2n) is 3.79. The Morgan fingerprint density at radius 1 is 1.12 bits per heavy atom. The Morgan fingerprint density at radius 3 is 2.47 bits per heavy atom. The van der Waals surface area contributed by atoms with Crippen molar-refractivity contribution in [2.75, 3.05) is 0 Å². The summed E-state index contributed by atoms with van der Waals surface area (Å²) in [5, 5.41) is 9.82. The first-order chi connectivity index (χ1) is 8.16. The Hall–Kier alpha value is -1.81. The minimum atomic E-state index is -1.04. The molecule has 0 saturated heterocycles. The molecular formula is C13H12BFO2. The van der Waals surface area contributed by atoms with Gasteiger partial charge >= 0.3 is 7.12 Å². The average Bonchev–Trinajstić information content (AvgIpc) is 2.35. The summed E-state index contributed by atoms with van der Waals surface area (Å²) in [4.78, 5) is 0. The highest BCUT2D eigenvalue weighted by Crippen LogP contribution is 2.16. The first kappa shape index (κ1) is 11.7.